The van der Waals surface area contributed by atoms with Gasteiger partial charge in [0.25, 0.3) is 0 Å². The molecular weight excluding hydrogens is 356 g/mol. The van der Waals surface area contributed by atoms with Crippen LogP contribution in [-0.4, -0.2) is 54.3 Å². The lowest BCUT2D eigenvalue weighted by Gasteiger charge is -2.36. The zero-order valence-corrected chi connectivity index (χ0v) is 17.4. The summed E-state index contributed by atoms with van der Waals surface area (Å²) >= 11 is 1.92. The van der Waals surface area contributed by atoms with E-state index in [0.29, 0.717) is 0 Å². The standard InChI is InChI=1S/C21H30N4OS/c1-14-10-15(2)12-25(11-14)20-19-16-4-3-5-17(16)27-21(19)23-18(22-20)13-24-6-8-26-9-7-24/h14-15H,3-13H2,1-2H3/t14-,15-/m0/s1. The number of anilines is 1. The van der Waals surface area contributed by atoms with E-state index in [1.807, 2.05) is 11.3 Å². The lowest BCUT2D eigenvalue weighted by atomic mass is 9.91. The molecule has 3 aliphatic rings. The fraction of sp³-hybridized carbons (Fsp3) is 0.714. The molecule has 5 nitrogen and oxygen atoms in total. The Kier molecular flexibility index (Phi) is 4.82. The Balaban J connectivity index is 1.55. The highest BCUT2D eigenvalue weighted by atomic mass is 32.1. The van der Waals surface area contributed by atoms with E-state index in [-0.39, 0.29) is 0 Å². The first kappa shape index (κ1) is 17.8. The average molecular weight is 387 g/mol. The molecule has 6 heteroatoms. The van der Waals surface area contributed by atoms with E-state index >= 15 is 0 Å². The first-order valence-corrected chi connectivity index (χ1v) is 11.3. The molecule has 0 saturated carbocycles. The number of hydrogen-bond donors (Lipinski definition) is 0. The number of thiophene rings is 1. The van der Waals surface area contributed by atoms with E-state index in [2.05, 4.69) is 23.6 Å². The van der Waals surface area contributed by atoms with Crippen LogP contribution in [0.5, 0.6) is 0 Å². The molecule has 0 amide bonds. The molecular formula is C21H30N4OS. The van der Waals surface area contributed by atoms with E-state index in [1.54, 1.807) is 10.4 Å². The van der Waals surface area contributed by atoms with Crippen molar-refractivity contribution >= 4 is 27.4 Å². The molecule has 2 aliphatic heterocycles. The molecule has 5 rings (SSSR count). The Hall–Kier alpha value is -1.24. The smallest absolute Gasteiger partial charge is 0.146 e. The third-order valence-corrected chi connectivity index (χ3v) is 7.41. The van der Waals surface area contributed by atoms with Crippen LogP contribution in [0.4, 0.5) is 5.82 Å². The number of hydrogen-bond acceptors (Lipinski definition) is 6. The molecule has 0 aromatic carbocycles. The summed E-state index contributed by atoms with van der Waals surface area (Å²) in [5.74, 6) is 3.67. The van der Waals surface area contributed by atoms with Gasteiger partial charge in [0.1, 0.15) is 16.5 Å². The minimum atomic E-state index is 0.730. The molecule has 1 aliphatic carbocycles. The highest BCUT2D eigenvalue weighted by Crippen LogP contribution is 2.41. The average Bonchev–Trinajstić information content (AvgIpc) is 3.22. The summed E-state index contributed by atoms with van der Waals surface area (Å²) in [4.78, 5) is 18.0. The Morgan fingerprint density at radius 3 is 2.63 bits per heavy atom. The van der Waals surface area contributed by atoms with Crippen LogP contribution in [0.2, 0.25) is 0 Å². The summed E-state index contributed by atoms with van der Waals surface area (Å²) in [6.45, 7) is 11.5. The SMILES string of the molecule is C[C@H]1C[C@H](C)CN(c2nc(CN3CCOCC3)nc3sc4c(c23)CCC4)C1. The lowest BCUT2D eigenvalue weighted by Crippen LogP contribution is -2.40. The minimum absolute atomic E-state index is 0.730. The molecule has 0 spiro atoms. The monoisotopic (exact) mass is 386 g/mol. The summed E-state index contributed by atoms with van der Waals surface area (Å²) in [5, 5.41) is 1.37. The van der Waals surface area contributed by atoms with Gasteiger partial charge in [0, 0.05) is 31.1 Å². The van der Waals surface area contributed by atoms with Crippen molar-refractivity contribution in [1.29, 1.82) is 0 Å². The fourth-order valence-corrected chi connectivity index (χ4v) is 6.39. The van der Waals surface area contributed by atoms with Crippen LogP contribution in [0.1, 0.15) is 43.0 Å². The molecule has 2 atom stereocenters. The maximum atomic E-state index is 5.50. The van der Waals surface area contributed by atoms with Crippen molar-refractivity contribution < 1.29 is 4.74 Å². The third-order valence-electron chi connectivity index (χ3n) is 6.23. The molecule has 27 heavy (non-hydrogen) atoms. The second kappa shape index (κ2) is 7.30. The molecule has 2 fully saturated rings. The van der Waals surface area contributed by atoms with E-state index in [0.717, 1.165) is 63.6 Å². The Labute approximate surface area is 165 Å². The van der Waals surface area contributed by atoms with Crippen LogP contribution >= 0.6 is 11.3 Å². The Morgan fingerprint density at radius 2 is 1.85 bits per heavy atom. The van der Waals surface area contributed by atoms with Gasteiger partial charge in [-0.1, -0.05) is 13.8 Å². The van der Waals surface area contributed by atoms with Crippen molar-refractivity contribution in [2.75, 3.05) is 44.3 Å². The number of nitrogens with zero attached hydrogens (tertiary/aromatic N) is 4. The van der Waals surface area contributed by atoms with Gasteiger partial charge in [-0.25, -0.2) is 9.97 Å². The molecule has 0 bridgehead atoms. The first-order valence-electron chi connectivity index (χ1n) is 10.5. The fourth-order valence-electron chi connectivity index (χ4n) is 5.11. The molecule has 0 unspecified atom stereocenters. The number of ether oxygens (including phenoxy) is 1. The van der Waals surface area contributed by atoms with Crippen molar-refractivity contribution in [2.45, 2.75) is 46.1 Å². The molecule has 2 aromatic heterocycles. The molecule has 0 radical (unpaired) electrons. The van der Waals surface area contributed by atoms with Gasteiger partial charge in [0.15, 0.2) is 0 Å². The normalized spacial score (nSPS) is 26.7. The third kappa shape index (κ3) is 3.47. The zero-order valence-electron chi connectivity index (χ0n) is 16.5. The zero-order chi connectivity index (χ0) is 18.4. The summed E-state index contributed by atoms with van der Waals surface area (Å²) in [5.41, 5.74) is 1.55. The summed E-state index contributed by atoms with van der Waals surface area (Å²) in [7, 11) is 0. The number of morpholine rings is 1. The van der Waals surface area contributed by atoms with Gasteiger partial charge in [-0.2, -0.15) is 0 Å². The van der Waals surface area contributed by atoms with Crippen molar-refractivity contribution in [3.8, 4) is 0 Å². The molecule has 2 aromatic rings. The number of piperidine rings is 1. The molecule has 2 saturated heterocycles. The minimum Gasteiger partial charge on any atom is -0.379 e. The van der Waals surface area contributed by atoms with Gasteiger partial charge in [0.05, 0.1) is 25.1 Å². The van der Waals surface area contributed by atoms with E-state index in [1.165, 1.54) is 41.7 Å². The quantitative estimate of drug-likeness (QED) is 0.808. The first-order chi connectivity index (χ1) is 13.2. The largest absolute Gasteiger partial charge is 0.379 e. The predicted molar refractivity (Wildman–Crippen MR) is 111 cm³/mol. The van der Waals surface area contributed by atoms with E-state index in [9.17, 15) is 0 Å². The summed E-state index contributed by atoms with van der Waals surface area (Å²) in [6, 6.07) is 0. The van der Waals surface area contributed by atoms with Crippen molar-refractivity contribution in [3.63, 3.8) is 0 Å². The number of fused-ring (bicyclic) bond motifs is 3. The number of rotatable bonds is 3. The van der Waals surface area contributed by atoms with Crippen molar-refractivity contribution in [3.05, 3.63) is 16.3 Å². The number of aryl methyl sites for hydroxylation is 2. The molecule has 4 heterocycles. The van der Waals surface area contributed by atoms with Gasteiger partial charge in [-0.05, 0) is 43.1 Å². The van der Waals surface area contributed by atoms with Crippen LogP contribution in [0, 0.1) is 11.8 Å². The molecule has 146 valence electrons. The van der Waals surface area contributed by atoms with Crippen LogP contribution < -0.4 is 4.90 Å². The lowest BCUT2D eigenvalue weighted by molar-refractivity contribution is 0.0331. The topological polar surface area (TPSA) is 41.5 Å². The Morgan fingerprint density at radius 1 is 1.07 bits per heavy atom. The second-order valence-corrected chi connectivity index (χ2v) is 9.82. The van der Waals surface area contributed by atoms with Crippen LogP contribution in [0.25, 0.3) is 10.2 Å². The van der Waals surface area contributed by atoms with Gasteiger partial charge < -0.3 is 9.64 Å². The van der Waals surface area contributed by atoms with E-state index in [4.69, 9.17) is 14.7 Å². The second-order valence-electron chi connectivity index (χ2n) is 8.74. The summed E-state index contributed by atoms with van der Waals surface area (Å²) in [6.07, 6.45) is 5.04. The van der Waals surface area contributed by atoms with Crippen molar-refractivity contribution in [2.24, 2.45) is 11.8 Å². The van der Waals surface area contributed by atoms with Gasteiger partial charge in [0.2, 0.25) is 0 Å². The van der Waals surface area contributed by atoms with Gasteiger partial charge >= 0.3 is 0 Å². The van der Waals surface area contributed by atoms with E-state index < -0.39 is 0 Å². The summed E-state index contributed by atoms with van der Waals surface area (Å²) < 4.78 is 5.50. The van der Waals surface area contributed by atoms with Crippen LogP contribution in [-0.2, 0) is 24.1 Å². The Bertz CT molecular complexity index is 819. The van der Waals surface area contributed by atoms with Crippen LogP contribution in [0.15, 0.2) is 0 Å². The predicted octanol–water partition coefficient (Wildman–Crippen LogP) is 3.49. The maximum absolute atomic E-state index is 5.50. The highest BCUT2D eigenvalue weighted by Gasteiger charge is 2.29. The highest BCUT2D eigenvalue weighted by molar-refractivity contribution is 7.19. The van der Waals surface area contributed by atoms with Gasteiger partial charge in [-0.15, -0.1) is 11.3 Å². The van der Waals surface area contributed by atoms with Gasteiger partial charge in [-0.3, -0.25) is 4.90 Å². The number of aromatic nitrogens is 2. The molecule has 0 N–H and O–H groups in total. The maximum Gasteiger partial charge on any atom is 0.146 e. The van der Waals surface area contributed by atoms with Crippen molar-refractivity contribution in [1.82, 2.24) is 14.9 Å². The van der Waals surface area contributed by atoms with Crippen LogP contribution in [0.3, 0.4) is 0 Å².